The third-order valence-electron chi connectivity index (χ3n) is 3.19. The number of hydrogen-bond acceptors (Lipinski definition) is 1. The summed E-state index contributed by atoms with van der Waals surface area (Å²) in [5.74, 6) is 0. The molecule has 2 aliphatic rings. The molecular weight excluding hydrogens is 141 g/mol. The molecular formula is C9H16FN. The van der Waals surface area contributed by atoms with Crippen molar-refractivity contribution in [2.24, 2.45) is 5.41 Å². The number of rotatable bonds is 0. The summed E-state index contributed by atoms with van der Waals surface area (Å²) < 4.78 is 12.8. The van der Waals surface area contributed by atoms with Crippen molar-refractivity contribution in [3.8, 4) is 0 Å². The van der Waals surface area contributed by atoms with Crippen LogP contribution in [0.5, 0.6) is 0 Å². The van der Waals surface area contributed by atoms with Crippen LogP contribution in [0.15, 0.2) is 0 Å². The van der Waals surface area contributed by atoms with E-state index in [9.17, 15) is 4.39 Å². The van der Waals surface area contributed by atoms with Gasteiger partial charge >= 0.3 is 0 Å². The highest BCUT2D eigenvalue weighted by Gasteiger charge is 2.43. The van der Waals surface area contributed by atoms with E-state index in [0.717, 1.165) is 25.7 Å². The van der Waals surface area contributed by atoms with Gasteiger partial charge in [-0.3, -0.25) is 0 Å². The van der Waals surface area contributed by atoms with Crippen LogP contribution in [0.4, 0.5) is 4.39 Å². The molecule has 0 aromatic rings. The molecule has 1 saturated carbocycles. The Morgan fingerprint density at radius 2 is 1.82 bits per heavy atom. The lowest BCUT2D eigenvalue weighted by Crippen LogP contribution is -2.55. The predicted octanol–water partition coefficient (Wildman–Crippen LogP) is 1.83. The molecule has 0 bridgehead atoms. The summed E-state index contributed by atoms with van der Waals surface area (Å²) in [6.07, 6.45) is 3.38. The first-order valence-corrected chi connectivity index (χ1v) is 4.53. The quantitative estimate of drug-likeness (QED) is 0.518. The van der Waals surface area contributed by atoms with Crippen LogP contribution in [0.25, 0.3) is 0 Å². The van der Waals surface area contributed by atoms with Crippen molar-refractivity contribution in [2.75, 3.05) is 20.1 Å². The highest BCUT2D eigenvalue weighted by molar-refractivity contribution is 4.96. The molecule has 0 radical (unpaired) electrons. The second-order valence-electron chi connectivity index (χ2n) is 4.35. The maximum Gasteiger partial charge on any atom is 0.100 e. The van der Waals surface area contributed by atoms with Gasteiger partial charge in [-0.05, 0) is 38.1 Å². The molecule has 1 aliphatic heterocycles. The van der Waals surface area contributed by atoms with Gasteiger partial charge in [0, 0.05) is 13.1 Å². The SMILES string of the molecule is CN1CC2(CCC(F)CC2)C1. The molecule has 64 valence electrons. The van der Waals surface area contributed by atoms with Crippen LogP contribution in [0.2, 0.25) is 0 Å². The van der Waals surface area contributed by atoms with E-state index in [4.69, 9.17) is 0 Å². The molecule has 1 heterocycles. The zero-order chi connectivity index (χ0) is 7.90. The molecule has 2 heteroatoms. The van der Waals surface area contributed by atoms with Gasteiger partial charge in [-0.15, -0.1) is 0 Å². The Morgan fingerprint density at radius 3 is 2.27 bits per heavy atom. The van der Waals surface area contributed by atoms with Gasteiger partial charge in [0.2, 0.25) is 0 Å². The van der Waals surface area contributed by atoms with Crippen LogP contribution in [0.1, 0.15) is 25.7 Å². The number of hydrogen-bond donors (Lipinski definition) is 0. The highest BCUT2D eigenvalue weighted by Crippen LogP contribution is 2.43. The second kappa shape index (κ2) is 2.44. The highest BCUT2D eigenvalue weighted by atomic mass is 19.1. The number of nitrogens with zero attached hydrogens (tertiary/aromatic N) is 1. The largest absolute Gasteiger partial charge is 0.305 e. The molecule has 0 aromatic carbocycles. The topological polar surface area (TPSA) is 3.24 Å². The summed E-state index contributed by atoms with van der Waals surface area (Å²) in [6.45, 7) is 2.42. The lowest BCUT2D eigenvalue weighted by Gasteiger charge is -2.51. The van der Waals surface area contributed by atoms with Crippen LogP contribution in [0.3, 0.4) is 0 Å². The zero-order valence-electron chi connectivity index (χ0n) is 7.15. The van der Waals surface area contributed by atoms with E-state index < -0.39 is 6.17 Å². The minimum atomic E-state index is -0.494. The number of halogens is 1. The zero-order valence-corrected chi connectivity index (χ0v) is 7.15. The molecule has 2 rings (SSSR count). The summed E-state index contributed by atoms with van der Waals surface area (Å²) in [5.41, 5.74) is 0.539. The Balaban J connectivity index is 1.88. The summed E-state index contributed by atoms with van der Waals surface area (Å²) in [4.78, 5) is 2.33. The summed E-state index contributed by atoms with van der Waals surface area (Å²) in [6, 6.07) is 0. The van der Waals surface area contributed by atoms with Gasteiger partial charge < -0.3 is 4.90 Å². The van der Waals surface area contributed by atoms with Crippen molar-refractivity contribution in [3.63, 3.8) is 0 Å². The lowest BCUT2D eigenvalue weighted by molar-refractivity contribution is -0.0256. The van der Waals surface area contributed by atoms with Crippen LogP contribution < -0.4 is 0 Å². The Labute approximate surface area is 67.6 Å². The van der Waals surface area contributed by atoms with Crippen LogP contribution in [-0.2, 0) is 0 Å². The molecule has 0 unspecified atom stereocenters. The van der Waals surface area contributed by atoms with E-state index in [1.807, 2.05) is 0 Å². The second-order valence-corrected chi connectivity index (χ2v) is 4.35. The summed E-state index contributed by atoms with van der Waals surface area (Å²) >= 11 is 0. The smallest absolute Gasteiger partial charge is 0.100 e. The van der Waals surface area contributed by atoms with Crippen molar-refractivity contribution in [1.82, 2.24) is 4.90 Å². The van der Waals surface area contributed by atoms with Gasteiger partial charge in [0.1, 0.15) is 6.17 Å². The molecule has 1 spiro atoms. The molecule has 0 aromatic heterocycles. The summed E-state index contributed by atoms with van der Waals surface area (Å²) in [5, 5.41) is 0. The Bertz CT molecular complexity index is 142. The maximum absolute atomic E-state index is 12.8. The van der Waals surface area contributed by atoms with Crippen molar-refractivity contribution >= 4 is 0 Å². The Kier molecular flexibility index (Phi) is 1.67. The van der Waals surface area contributed by atoms with Crippen molar-refractivity contribution in [3.05, 3.63) is 0 Å². The molecule has 1 nitrogen and oxygen atoms in total. The molecule has 2 fully saturated rings. The van der Waals surface area contributed by atoms with E-state index in [1.54, 1.807) is 0 Å². The Hall–Kier alpha value is -0.110. The molecule has 0 N–H and O–H groups in total. The predicted molar refractivity (Wildman–Crippen MR) is 43.3 cm³/mol. The monoisotopic (exact) mass is 157 g/mol. The fourth-order valence-corrected chi connectivity index (χ4v) is 2.61. The van der Waals surface area contributed by atoms with E-state index in [0.29, 0.717) is 5.41 Å². The number of likely N-dealkylation sites (tertiary alicyclic amines) is 1. The van der Waals surface area contributed by atoms with E-state index >= 15 is 0 Å². The van der Waals surface area contributed by atoms with Gasteiger partial charge in [-0.25, -0.2) is 4.39 Å². The maximum atomic E-state index is 12.8. The van der Waals surface area contributed by atoms with Crippen LogP contribution in [0, 0.1) is 5.41 Å². The molecule has 1 saturated heterocycles. The third kappa shape index (κ3) is 1.28. The lowest BCUT2D eigenvalue weighted by atomic mass is 9.68. The van der Waals surface area contributed by atoms with Crippen LogP contribution >= 0.6 is 0 Å². The van der Waals surface area contributed by atoms with E-state index in [1.165, 1.54) is 13.1 Å². The normalized spacial score (nSPS) is 32.2. The van der Waals surface area contributed by atoms with E-state index in [2.05, 4.69) is 11.9 Å². The van der Waals surface area contributed by atoms with Gasteiger partial charge in [0.15, 0.2) is 0 Å². The first-order chi connectivity index (χ1) is 5.20. The average Bonchev–Trinajstić information content (AvgIpc) is 1.92. The van der Waals surface area contributed by atoms with Gasteiger partial charge in [0.05, 0.1) is 0 Å². The molecule has 0 atom stereocenters. The first-order valence-electron chi connectivity index (χ1n) is 4.53. The fraction of sp³-hybridized carbons (Fsp3) is 1.00. The summed E-state index contributed by atoms with van der Waals surface area (Å²) in [7, 11) is 2.15. The average molecular weight is 157 g/mol. The Morgan fingerprint density at radius 1 is 1.27 bits per heavy atom. The molecule has 1 aliphatic carbocycles. The van der Waals surface area contributed by atoms with Crippen LogP contribution in [-0.4, -0.2) is 31.2 Å². The minimum absolute atomic E-state index is 0.494. The van der Waals surface area contributed by atoms with Gasteiger partial charge in [0.25, 0.3) is 0 Å². The van der Waals surface area contributed by atoms with Crippen molar-refractivity contribution in [2.45, 2.75) is 31.9 Å². The van der Waals surface area contributed by atoms with Crippen molar-refractivity contribution in [1.29, 1.82) is 0 Å². The van der Waals surface area contributed by atoms with Gasteiger partial charge in [-0.1, -0.05) is 0 Å². The molecule has 0 amide bonds. The van der Waals surface area contributed by atoms with Gasteiger partial charge in [-0.2, -0.15) is 0 Å². The fourth-order valence-electron chi connectivity index (χ4n) is 2.61. The van der Waals surface area contributed by atoms with Crippen molar-refractivity contribution < 1.29 is 4.39 Å². The standard InChI is InChI=1S/C9H16FN/c1-11-6-9(7-11)4-2-8(10)3-5-9/h8H,2-7H2,1H3. The molecule has 11 heavy (non-hydrogen) atoms. The first kappa shape index (κ1) is 7.53. The third-order valence-corrected chi connectivity index (χ3v) is 3.19. The minimum Gasteiger partial charge on any atom is -0.305 e. The van der Waals surface area contributed by atoms with E-state index in [-0.39, 0.29) is 0 Å². The number of alkyl halides is 1.